The number of aromatic nitrogens is 2. The highest BCUT2D eigenvalue weighted by Crippen LogP contribution is 2.37. The largest absolute Gasteiger partial charge is 0.313 e. The molecule has 1 unspecified atom stereocenters. The van der Waals surface area contributed by atoms with Crippen molar-refractivity contribution in [3.8, 4) is 10.4 Å². The second-order valence-electron chi connectivity index (χ2n) is 5.35. The maximum Gasteiger partial charge on any atom is 0.259 e. The van der Waals surface area contributed by atoms with Gasteiger partial charge in [-0.3, -0.25) is 4.79 Å². The van der Waals surface area contributed by atoms with Crippen LogP contribution in [0.4, 0.5) is 0 Å². The van der Waals surface area contributed by atoms with E-state index in [1.54, 1.807) is 11.3 Å². The molecule has 0 amide bonds. The van der Waals surface area contributed by atoms with Gasteiger partial charge in [-0.1, -0.05) is 12.1 Å². The van der Waals surface area contributed by atoms with Crippen molar-refractivity contribution in [2.75, 3.05) is 7.05 Å². The van der Waals surface area contributed by atoms with Crippen LogP contribution < -0.4 is 10.9 Å². The number of aryl methyl sites for hydroxylation is 1. The number of hydrogen-bond acceptors (Lipinski definition) is 4. The van der Waals surface area contributed by atoms with Gasteiger partial charge in [0, 0.05) is 11.4 Å². The second-order valence-corrected chi connectivity index (χ2v) is 6.23. The van der Waals surface area contributed by atoms with Crippen LogP contribution in [-0.2, 0) is 6.42 Å². The van der Waals surface area contributed by atoms with Gasteiger partial charge in [0.25, 0.3) is 5.56 Å². The molecule has 106 valence electrons. The van der Waals surface area contributed by atoms with Crippen molar-refractivity contribution in [2.24, 2.45) is 0 Å². The van der Waals surface area contributed by atoms with E-state index in [1.807, 2.05) is 12.4 Å². The van der Waals surface area contributed by atoms with Crippen LogP contribution in [0, 0.1) is 0 Å². The molecule has 1 aliphatic rings. The molecule has 2 heterocycles. The Morgan fingerprint density at radius 1 is 1.43 bits per heavy atom. The number of H-pyrrole nitrogens is 1. The third-order valence-corrected chi connectivity index (χ3v) is 5.25. The topological polar surface area (TPSA) is 57.8 Å². The molecule has 0 saturated carbocycles. The molecule has 0 radical (unpaired) electrons. The highest BCUT2D eigenvalue weighted by molar-refractivity contribution is 7.15. The molecule has 1 aromatic carbocycles. The summed E-state index contributed by atoms with van der Waals surface area (Å²) in [6, 6.07) is 7.07. The van der Waals surface area contributed by atoms with Gasteiger partial charge in [0.2, 0.25) is 0 Å². The van der Waals surface area contributed by atoms with Gasteiger partial charge in [-0.15, -0.1) is 11.3 Å². The minimum absolute atomic E-state index is 0.0705. The smallest absolute Gasteiger partial charge is 0.259 e. The summed E-state index contributed by atoms with van der Waals surface area (Å²) in [4.78, 5) is 19.8. The predicted molar refractivity (Wildman–Crippen MR) is 85.8 cm³/mol. The number of rotatable bonds is 2. The Morgan fingerprint density at radius 2 is 2.33 bits per heavy atom. The van der Waals surface area contributed by atoms with Crippen LogP contribution in [0.2, 0.25) is 0 Å². The normalized spacial score (nSPS) is 17.3. The number of aromatic amines is 1. The van der Waals surface area contributed by atoms with Gasteiger partial charge in [0.1, 0.15) is 0 Å². The summed E-state index contributed by atoms with van der Waals surface area (Å²) < 4.78 is 0. The maximum absolute atomic E-state index is 11.8. The minimum Gasteiger partial charge on any atom is -0.313 e. The standard InChI is InChI=1S/C16H15N3OS/c1-17-13-5-3-9-6-10(2-4-11(9)13)15-14-12(7-21-15)16(20)19-8-18-14/h2,4,6-8,13,17H,3,5H2,1H3,(H,18,19,20). The fourth-order valence-corrected chi connectivity index (χ4v) is 4.13. The first kappa shape index (κ1) is 12.7. The molecule has 1 aliphatic carbocycles. The first-order valence-electron chi connectivity index (χ1n) is 7.03. The Morgan fingerprint density at radius 3 is 3.19 bits per heavy atom. The lowest BCUT2D eigenvalue weighted by molar-refractivity contribution is 0.590. The van der Waals surface area contributed by atoms with Crippen molar-refractivity contribution in [3.63, 3.8) is 0 Å². The van der Waals surface area contributed by atoms with E-state index >= 15 is 0 Å². The van der Waals surface area contributed by atoms with E-state index in [9.17, 15) is 4.79 Å². The molecule has 21 heavy (non-hydrogen) atoms. The number of thiophene rings is 1. The van der Waals surface area contributed by atoms with E-state index in [4.69, 9.17) is 0 Å². The van der Waals surface area contributed by atoms with Crippen LogP contribution in [0.5, 0.6) is 0 Å². The van der Waals surface area contributed by atoms with Crippen LogP contribution in [-0.4, -0.2) is 17.0 Å². The van der Waals surface area contributed by atoms with Crippen LogP contribution >= 0.6 is 11.3 Å². The van der Waals surface area contributed by atoms with Gasteiger partial charge < -0.3 is 10.3 Å². The van der Waals surface area contributed by atoms with E-state index in [2.05, 4.69) is 33.5 Å². The third-order valence-electron chi connectivity index (χ3n) is 4.23. The molecule has 4 rings (SSSR count). The molecule has 2 N–H and O–H groups in total. The maximum atomic E-state index is 11.8. The Bertz CT molecular complexity index is 881. The van der Waals surface area contributed by atoms with E-state index in [-0.39, 0.29) is 5.56 Å². The number of hydrogen-bond donors (Lipinski definition) is 2. The lowest BCUT2D eigenvalue weighted by atomic mass is 10.0. The Kier molecular flexibility index (Phi) is 2.90. The molecule has 3 aromatic rings. The summed E-state index contributed by atoms with van der Waals surface area (Å²) in [7, 11) is 2.01. The van der Waals surface area contributed by atoms with Crippen molar-refractivity contribution in [1.29, 1.82) is 0 Å². The quantitative estimate of drug-likeness (QED) is 0.764. The Labute approximate surface area is 125 Å². The Hall–Kier alpha value is -1.98. The summed E-state index contributed by atoms with van der Waals surface area (Å²) >= 11 is 1.58. The average molecular weight is 297 g/mol. The van der Waals surface area contributed by atoms with Crippen LogP contribution in [0.25, 0.3) is 21.3 Å². The molecule has 1 atom stereocenters. The first-order valence-corrected chi connectivity index (χ1v) is 7.91. The summed E-state index contributed by atoms with van der Waals surface area (Å²) in [5, 5.41) is 5.92. The van der Waals surface area contributed by atoms with Gasteiger partial charge in [-0.2, -0.15) is 0 Å². The summed E-state index contributed by atoms with van der Waals surface area (Å²) in [5.74, 6) is 0. The monoisotopic (exact) mass is 297 g/mol. The van der Waals surface area contributed by atoms with Gasteiger partial charge in [0.05, 0.1) is 22.1 Å². The van der Waals surface area contributed by atoms with Gasteiger partial charge in [-0.25, -0.2) is 4.98 Å². The zero-order chi connectivity index (χ0) is 14.4. The molecule has 0 fully saturated rings. The highest BCUT2D eigenvalue weighted by Gasteiger charge is 2.21. The van der Waals surface area contributed by atoms with Gasteiger partial charge >= 0.3 is 0 Å². The van der Waals surface area contributed by atoms with Crippen LogP contribution in [0.15, 0.2) is 34.7 Å². The second kappa shape index (κ2) is 4.79. The SMILES string of the molecule is CNC1CCc2cc(-c3scc4c(=O)[nH]cnc34)ccc21. The number of fused-ring (bicyclic) bond motifs is 2. The summed E-state index contributed by atoms with van der Waals surface area (Å²) in [6.07, 6.45) is 3.73. The van der Waals surface area contributed by atoms with E-state index in [1.165, 1.54) is 17.5 Å². The van der Waals surface area contributed by atoms with E-state index < -0.39 is 0 Å². The van der Waals surface area contributed by atoms with Gasteiger partial charge in [-0.05, 0) is 42.6 Å². The molecule has 4 nitrogen and oxygen atoms in total. The first-order chi connectivity index (χ1) is 10.3. The summed E-state index contributed by atoms with van der Waals surface area (Å²) in [6.45, 7) is 0. The molecule has 0 aliphatic heterocycles. The van der Waals surface area contributed by atoms with E-state index in [0.29, 0.717) is 11.4 Å². The molecule has 0 spiro atoms. The fourth-order valence-electron chi connectivity index (χ4n) is 3.14. The number of nitrogens with one attached hydrogen (secondary N) is 2. The van der Waals surface area contributed by atoms with Crippen molar-refractivity contribution < 1.29 is 0 Å². The molecule has 0 bridgehead atoms. The van der Waals surface area contributed by atoms with Gasteiger partial charge in [0.15, 0.2) is 0 Å². The zero-order valence-corrected chi connectivity index (χ0v) is 12.5. The lowest BCUT2D eigenvalue weighted by Crippen LogP contribution is -2.12. The van der Waals surface area contributed by atoms with E-state index in [0.717, 1.165) is 28.8 Å². The minimum atomic E-state index is -0.0705. The third kappa shape index (κ3) is 1.92. The van der Waals surface area contributed by atoms with Crippen LogP contribution in [0.3, 0.4) is 0 Å². The molecule has 2 aromatic heterocycles. The van der Waals surface area contributed by atoms with Crippen molar-refractivity contribution in [1.82, 2.24) is 15.3 Å². The molecule has 0 saturated heterocycles. The molecule has 5 heteroatoms. The fraction of sp³-hybridized carbons (Fsp3) is 0.250. The zero-order valence-electron chi connectivity index (χ0n) is 11.6. The Balaban J connectivity index is 1.87. The van der Waals surface area contributed by atoms with Crippen molar-refractivity contribution in [3.05, 3.63) is 51.4 Å². The molecular weight excluding hydrogens is 282 g/mol. The van der Waals surface area contributed by atoms with Crippen LogP contribution in [0.1, 0.15) is 23.6 Å². The number of benzene rings is 1. The predicted octanol–water partition coefficient (Wildman–Crippen LogP) is 2.86. The average Bonchev–Trinajstić information content (AvgIpc) is 3.10. The molecular formula is C16H15N3OS. The lowest BCUT2D eigenvalue weighted by Gasteiger charge is -2.10. The summed E-state index contributed by atoms with van der Waals surface area (Å²) in [5.41, 5.74) is 4.68. The highest BCUT2D eigenvalue weighted by atomic mass is 32.1. The number of nitrogens with zero attached hydrogens (tertiary/aromatic N) is 1. The van der Waals surface area contributed by atoms with Crippen molar-refractivity contribution >= 4 is 22.2 Å². The van der Waals surface area contributed by atoms with Crippen molar-refractivity contribution in [2.45, 2.75) is 18.9 Å².